The van der Waals surface area contributed by atoms with E-state index in [4.69, 9.17) is 0 Å². The normalized spacial score (nSPS) is 16.8. The molecule has 1 aromatic heterocycles. The van der Waals surface area contributed by atoms with E-state index >= 15 is 0 Å². The summed E-state index contributed by atoms with van der Waals surface area (Å²) in [6.07, 6.45) is 3.42. The number of hydrogen-bond acceptors (Lipinski definition) is 3. The molecule has 6 heteroatoms. The number of aryl methyl sites for hydroxylation is 1. The highest BCUT2D eigenvalue weighted by molar-refractivity contribution is 9.10. The molecule has 0 saturated heterocycles. The molecule has 2 aromatic carbocycles. The van der Waals surface area contributed by atoms with E-state index in [9.17, 15) is 10.0 Å². The van der Waals surface area contributed by atoms with Crippen LogP contribution in [-0.2, 0) is 13.0 Å². The van der Waals surface area contributed by atoms with Gasteiger partial charge in [0.1, 0.15) is 0 Å². The predicted octanol–water partition coefficient (Wildman–Crippen LogP) is 2.78. The summed E-state index contributed by atoms with van der Waals surface area (Å²) < 4.78 is 1.11. The van der Waals surface area contributed by atoms with E-state index in [1.807, 2.05) is 12.1 Å². The van der Waals surface area contributed by atoms with E-state index in [2.05, 4.69) is 44.4 Å². The van der Waals surface area contributed by atoms with Crippen LogP contribution in [0.1, 0.15) is 35.7 Å². The molecule has 1 aliphatic carbocycles. The van der Waals surface area contributed by atoms with Crippen molar-refractivity contribution in [3.63, 3.8) is 0 Å². The van der Waals surface area contributed by atoms with Crippen LogP contribution in [0.5, 0.6) is 0 Å². The van der Waals surface area contributed by atoms with Crippen LogP contribution in [0.3, 0.4) is 0 Å². The van der Waals surface area contributed by atoms with Crippen LogP contribution in [0.2, 0.25) is 0 Å². The highest BCUT2D eigenvalue weighted by Gasteiger charge is 2.24. The van der Waals surface area contributed by atoms with Crippen molar-refractivity contribution in [2.75, 3.05) is 0 Å². The predicted molar refractivity (Wildman–Crippen MR) is 105 cm³/mol. The number of nitrogens with one attached hydrogen (secondary N) is 2. The number of H-pyrrole nitrogens is 1. The fraction of sp³-hybridized carbons (Fsp3) is 0.263. The summed E-state index contributed by atoms with van der Waals surface area (Å²) in [5.41, 5.74) is 5.59. The van der Waals surface area contributed by atoms with Crippen LogP contribution in [0.25, 0.3) is 10.9 Å². The number of halogens is 1. The molecule has 0 radical (unpaired) electrons. The van der Waals surface area contributed by atoms with Crippen LogP contribution in [-0.4, -0.2) is 22.2 Å². The van der Waals surface area contributed by atoms with Crippen LogP contribution < -0.4 is 10.8 Å². The number of aromatic nitrogens is 1. The molecule has 0 aliphatic heterocycles. The van der Waals surface area contributed by atoms with E-state index in [-0.39, 0.29) is 0 Å². The van der Waals surface area contributed by atoms with Crippen molar-refractivity contribution in [1.82, 2.24) is 10.3 Å². The number of benzene rings is 2. The Labute approximate surface area is 155 Å². The maximum Gasteiger partial charge on any atom is 0.488 e. The highest BCUT2D eigenvalue weighted by atomic mass is 79.9. The maximum atomic E-state index is 9.18. The number of rotatable bonds is 4. The van der Waals surface area contributed by atoms with Gasteiger partial charge in [-0.05, 0) is 54.1 Å². The summed E-state index contributed by atoms with van der Waals surface area (Å²) in [4.78, 5) is 3.60. The van der Waals surface area contributed by atoms with E-state index in [0.29, 0.717) is 11.5 Å². The van der Waals surface area contributed by atoms with Gasteiger partial charge >= 0.3 is 7.12 Å². The first-order chi connectivity index (χ1) is 12.1. The van der Waals surface area contributed by atoms with Gasteiger partial charge in [0.2, 0.25) is 0 Å². The number of aromatic amines is 1. The Morgan fingerprint density at radius 2 is 1.96 bits per heavy atom. The zero-order chi connectivity index (χ0) is 17.4. The Bertz CT molecular complexity index is 892. The van der Waals surface area contributed by atoms with Gasteiger partial charge in [0.25, 0.3) is 0 Å². The molecule has 0 fully saturated rings. The molecule has 128 valence electrons. The second-order valence-corrected chi connectivity index (χ2v) is 7.56. The third-order valence-electron chi connectivity index (χ3n) is 5.00. The third-order valence-corrected chi connectivity index (χ3v) is 5.49. The largest absolute Gasteiger partial charge is 0.488 e. The smallest absolute Gasteiger partial charge is 0.423 e. The standard InChI is InChI=1S/C19H20BBrN2O2/c21-14-8-9-17-16(10-14)15-2-1-3-18(19(15)23-17)22-11-12-4-6-13(7-5-12)20(24)25/h4-10,18,22-25H,1-3,11H2. The van der Waals surface area contributed by atoms with Crippen molar-refractivity contribution in [3.05, 3.63) is 63.8 Å². The molecule has 3 aromatic rings. The summed E-state index contributed by atoms with van der Waals surface area (Å²) in [5, 5.41) is 23.3. The lowest BCUT2D eigenvalue weighted by atomic mass is 9.80. The highest BCUT2D eigenvalue weighted by Crippen LogP contribution is 2.35. The first-order valence-electron chi connectivity index (χ1n) is 8.60. The molecule has 0 amide bonds. The van der Waals surface area contributed by atoms with Gasteiger partial charge < -0.3 is 20.3 Å². The minimum absolute atomic E-state index is 0.318. The van der Waals surface area contributed by atoms with Crippen molar-refractivity contribution in [1.29, 1.82) is 0 Å². The van der Waals surface area contributed by atoms with Gasteiger partial charge in [-0.15, -0.1) is 0 Å². The molecule has 0 saturated carbocycles. The summed E-state index contributed by atoms with van der Waals surface area (Å²) in [6.45, 7) is 0.755. The Hall–Kier alpha value is -1.60. The van der Waals surface area contributed by atoms with Crippen molar-refractivity contribution in [3.8, 4) is 0 Å². The number of hydrogen-bond donors (Lipinski definition) is 4. The SMILES string of the molecule is OB(O)c1ccc(CNC2CCCc3c2[nH]c2ccc(Br)cc32)cc1. The average Bonchev–Trinajstić information content (AvgIpc) is 2.99. The summed E-state index contributed by atoms with van der Waals surface area (Å²) >= 11 is 3.57. The zero-order valence-corrected chi connectivity index (χ0v) is 15.4. The van der Waals surface area contributed by atoms with Gasteiger partial charge in [-0.25, -0.2) is 0 Å². The van der Waals surface area contributed by atoms with Crippen molar-refractivity contribution >= 4 is 39.4 Å². The molecule has 25 heavy (non-hydrogen) atoms. The molecular formula is C19H20BBrN2O2. The Kier molecular flexibility index (Phi) is 4.69. The van der Waals surface area contributed by atoms with E-state index in [0.717, 1.165) is 29.4 Å². The summed E-state index contributed by atoms with van der Waals surface area (Å²) in [7, 11) is -1.41. The Balaban J connectivity index is 1.54. The van der Waals surface area contributed by atoms with Gasteiger partial charge in [-0.3, -0.25) is 0 Å². The van der Waals surface area contributed by atoms with Gasteiger partial charge in [0.05, 0.1) is 0 Å². The van der Waals surface area contributed by atoms with Gasteiger partial charge in [0, 0.05) is 33.7 Å². The molecular weight excluding hydrogens is 379 g/mol. The molecule has 4 rings (SSSR count). The molecule has 4 nitrogen and oxygen atoms in total. The first-order valence-corrected chi connectivity index (χ1v) is 9.39. The molecule has 0 bridgehead atoms. The second-order valence-electron chi connectivity index (χ2n) is 6.65. The lowest BCUT2D eigenvalue weighted by Crippen LogP contribution is -2.30. The zero-order valence-electron chi connectivity index (χ0n) is 13.8. The molecule has 0 spiro atoms. The third kappa shape index (κ3) is 3.40. The van der Waals surface area contributed by atoms with Crippen LogP contribution in [0.4, 0.5) is 0 Å². The second kappa shape index (κ2) is 6.96. The van der Waals surface area contributed by atoms with Crippen LogP contribution >= 0.6 is 15.9 Å². The van der Waals surface area contributed by atoms with E-state index in [1.54, 1.807) is 12.1 Å². The Morgan fingerprint density at radius 3 is 2.72 bits per heavy atom. The van der Waals surface area contributed by atoms with Crippen molar-refractivity contribution in [2.45, 2.75) is 31.8 Å². The molecule has 1 heterocycles. The maximum absolute atomic E-state index is 9.18. The van der Waals surface area contributed by atoms with E-state index < -0.39 is 7.12 Å². The summed E-state index contributed by atoms with van der Waals surface area (Å²) in [5.74, 6) is 0. The minimum atomic E-state index is -1.41. The Morgan fingerprint density at radius 1 is 1.16 bits per heavy atom. The summed E-state index contributed by atoms with van der Waals surface area (Å²) in [6, 6.07) is 14.1. The van der Waals surface area contributed by atoms with Gasteiger partial charge in [-0.1, -0.05) is 40.2 Å². The fourth-order valence-corrected chi connectivity index (χ4v) is 4.05. The minimum Gasteiger partial charge on any atom is -0.423 e. The van der Waals surface area contributed by atoms with Gasteiger partial charge in [-0.2, -0.15) is 0 Å². The van der Waals surface area contributed by atoms with Crippen molar-refractivity contribution < 1.29 is 10.0 Å². The fourth-order valence-electron chi connectivity index (χ4n) is 3.69. The monoisotopic (exact) mass is 398 g/mol. The lowest BCUT2D eigenvalue weighted by Gasteiger charge is -2.24. The van der Waals surface area contributed by atoms with Crippen LogP contribution in [0.15, 0.2) is 46.9 Å². The molecule has 1 aliphatic rings. The number of fused-ring (bicyclic) bond motifs is 3. The topological polar surface area (TPSA) is 68.3 Å². The molecule has 4 N–H and O–H groups in total. The lowest BCUT2D eigenvalue weighted by molar-refractivity contribution is 0.425. The van der Waals surface area contributed by atoms with Gasteiger partial charge in [0.15, 0.2) is 0 Å². The molecule has 1 unspecified atom stereocenters. The van der Waals surface area contributed by atoms with Crippen molar-refractivity contribution in [2.24, 2.45) is 0 Å². The average molecular weight is 399 g/mol. The van der Waals surface area contributed by atoms with E-state index in [1.165, 1.54) is 28.6 Å². The molecule has 1 atom stereocenters. The van der Waals surface area contributed by atoms with Crippen LogP contribution in [0, 0.1) is 0 Å². The first kappa shape index (κ1) is 16.9. The quantitative estimate of drug-likeness (QED) is 0.511.